The molecular weight excluding hydrogens is 248 g/mol. The van der Waals surface area contributed by atoms with Crippen molar-refractivity contribution in [3.63, 3.8) is 0 Å². The van der Waals surface area contributed by atoms with Gasteiger partial charge in [0.05, 0.1) is 4.90 Å². The van der Waals surface area contributed by atoms with Crippen LogP contribution >= 0.6 is 0 Å². The number of epoxide rings is 1. The molecule has 4 rings (SSSR count). The van der Waals surface area contributed by atoms with E-state index in [0.29, 0.717) is 4.90 Å². The van der Waals surface area contributed by atoms with Gasteiger partial charge in [0.1, 0.15) is 0 Å². The summed E-state index contributed by atoms with van der Waals surface area (Å²) >= 11 is 0. The van der Waals surface area contributed by atoms with Gasteiger partial charge in [0.2, 0.25) is 15.3 Å². The highest BCUT2D eigenvalue weighted by Gasteiger charge is 2.72. The number of ether oxygens (including phenoxy) is 1. The summed E-state index contributed by atoms with van der Waals surface area (Å²) in [6.07, 6.45) is 0. The average molecular weight is 258 g/mol. The molecule has 4 heteroatoms. The van der Waals surface area contributed by atoms with Crippen LogP contribution in [-0.4, -0.2) is 13.9 Å². The second-order valence-corrected chi connectivity index (χ2v) is 6.55. The number of hydrogen-bond acceptors (Lipinski definition) is 3. The summed E-state index contributed by atoms with van der Waals surface area (Å²) in [7, 11) is -3.34. The van der Waals surface area contributed by atoms with Crippen LogP contribution in [0.25, 0.3) is 0 Å². The minimum atomic E-state index is -3.34. The van der Waals surface area contributed by atoms with Crippen molar-refractivity contribution in [1.82, 2.24) is 0 Å². The molecule has 18 heavy (non-hydrogen) atoms. The second kappa shape index (κ2) is 3.02. The first-order valence-corrected chi connectivity index (χ1v) is 7.29. The van der Waals surface area contributed by atoms with Gasteiger partial charge in [-0.3, -0.25) is 0 Å². The largest absolute Gasteiger partial charge is 0.338 e. The highest BCUT2D eigenvalue weighted by atomic mass is 32.2. The Bertz CT molecular complexity index is 737. The number of hydrogen-bond donors (Lipinski definition) is 0. The molecule has 0 aliphatic carbocycles. The Morgan fingerprint density at radius 2 is 1.61 bits per heavy atom. The predicted molar refractivity (Wildman–Crippen MR) is 65.7 cm³/mol. The fraction of sp³-hybridized carbons (Fsp3) is 0.143. The SMILES string of the molecule is O=S1(=O)c2ccccc2C2(c3ccccc3)OC21. The third-order valence-electron chi connectivity index (χ3n) is 3.65. The van der Waals surface area contributed by atoms with Gasteiger partial charge in [-0.1, -0.05) is 48.5 Å². The Morgan fingerprint density at radius 1 is 0.944 bits per heavy atom. The van der Waals surface area contributed by atoms with E-state index in [1.54, 1.807) is 12.1 Å². The molecule has 1 fully saturated rings. The van der Waals surface area contributed by atoms with Crippen LogP contribution in [0.15, 0.2) is 59.5 Å². The monoisotopic (exact) mass is 258 g/mol. The zero-order valence-corrected chi connectivity index (χ0v) is 10.2. The Balaban J connectivity index is 2.03. The smallest absolute Gasteiger partial charge is 0.209 e. The number of benzene rings is 2. The molecule has 3 nitrogen and oxygen atoms in total. The van der Waals surface area contributed by atoms with Gasteiger partial charge in [0.15, 0.2) is 5.60 Å². The Kier molecular flexibility index (Phi) is 1.73. The first kappa shape index (κ1) is 10.3. The molecule has 2 aliphatic heterocycles. The van der Waals surface area contributed by atoms with Gasteiger partial charge < -0.3 is 4.74 Å². The standard InChI is InChI=1S/C14H10O3S/c15-18(16)12-9-5-4-8-11(12)14(13(18)17-14)10-6-2-1-3-7-10/h1-9,13H. The molecule has 0 spiro atoms. The molecule has 2 aromatic rings. The Morgan fingerprint density at radius 3 is 2.39 bits per heavy atom. The third kappa shape index (κ3) is 1.01. The van der Waals surface area contributed by atoms with Gasteiger partial charge in [-0.15, -0.1) is 0 Å². The molecule has 2 aliphatic rings. The summed E-state index contributed by atoms with van der Waals surface area (Å²) in [5.41, 5.74) is 0.158. The van der Waals surface area contributed by atoms with Crippen molar-refractivity contribution in [2.45, 2.75) is 15.9 Å². The summed E-state index contributed by atoms with van der Waals surface area (Å²) < 4.78 is 30.1. The van der Waals surface area contributed by atoms with Crippen molar-refractivity contribution in [3.05, 3.63) is 65.7 Å². The van der Waals surface area contributed by atoms with E-state index < -0.39 is 20.9 Å². The minimum Gasteiger partial charge on any atom is -0.338 e. The van der Waals surface area contributed by atoms with Crippen molar-refractivity contribution in [2.75, 3.05) is 0 Å². The van der Waals surface area contributed by atoms with Crippen LogP contribution in [0.5, 0.6) is 0 Å². The summed E-state index contributed by atoms with van der Waals surface area (Å²) in [6.45, 7) is 0. The topological polar surface area (TPSA) is 46.7 Å². The molecule has 90 valence electrons. The molecule has 0 amide bonds. The van der Waals surface area contributed by atoms with E-state index >= 15 is 0 Å². The molecule has 0 saturated carbocycles. The highest BCUT2D eigenvalue weighted by Crippen LogP contribution is 2.62. The lowest BCUT2D eigenvalue weighted by molar-refractivity contribution is 0.332. The van der Waals surface area contributed by atoms with Gasteiger partial charge in [0, 0.05) is 5.56 Å². The Hall–Kier alpha value is -1.65. The molecule has 0 N–H and O–H groups in total. The van der Waals surface area contributed by atoms with Gasteiger partial charge >= 0.3 is 0 Å². The first-order valence-electron chi connectivity index (χ1n) is 5.74. The van der Waals surface area contributed by atoms with Crippen LogP contribution in [0.2, 0.25) is 0 Å². The van der Waals surface area contributed by atoms with E-state index in [9.17, 15) is 8.42 Å². The van der Waals surface area contributed by atoms with Crippen LogP contribution in [0.1, 0.15) is 11.1 Å². The maximum Gasteiger partial charge on any atom is 0.209 e. The second-order valence-electron chi connectivity index (χ2n) is 4.59. The quantitative estimate of drug-likeness (QED) is 0.736. The van der Waals surface area contributed by atoms with Crippen LogP contribution in [0.3, 0.4) is 0 Å². The molecular formula is C14H10O3S. The molecule has 2 atom stereocenters. The lowest BCUT2D eigenvalue weighted by Gasteiger charge is -2.11. The normalized spacial score (nSPS) is 30.6. The minimum absolute atomic E-state index is 0.408. The lowest BCUT2D eigenvalue weighted by Crippen LogP contribution is -2.11. The lowest BCUT2D eigenvalue weighted by atomic mass is 9.92. The fourth-order valence-electron chi connectivity index (χ4n) is 2.79. The predicted octanol–water partition coefficient (Wildman–Crippen LogP) is 2.07. The average Bonchev–Trinajstić information content (AvgIpc) is 3.13. The molecule has 2 heterocycles. The van der Waals surface area contributed by atoms with E-state index in [2.05, 4.69) is 0 Å². The highest BCUT2D eigenvalue weighted by molar-refractivity contribution is 7.92. The van der Waals surface area contributed by atoms with Crippen molar-refractivity contribution in [2.24, 2.45) is 0 Å². The van der Waals surface area contributed by atoms with E-state index in [0.717, 1.165) is 11.1 Å². The summed E-state index contributed by atoms with van der Waals surface area (Å²) in [6, 6.07) is 16.6. The zero-order chi connectivity index (χ0) is 12.4. The van der Waals surface area contributed by atoms with Crippen molar-refractivity contribution in [1.29, 1.82) is 0 Å². The third-order valence-corrected chi connectivity index (χ3v) is 5.61. The van der Waals surface area contributed by atoms with Crippen molar-refractivity contribution >= 4 is 9.84 Å². The summed E-state index contributed by atoms with van der Waals surface area (Å²) in [5.74, 6) is 0. The summed E-state index contributed by atoms with van der Waals surface area (Å²) in [4.78, 5) is 0.408. The van der Waals surface area contributed by atoms with E-state index in [-0.39, 0.29) is 0 Å². The summed E-state index contributed by atoms with van der Waals surface area (Å²) in [5, 5.41) is 0. The van der Waals surface area contributed by atoms with Gasteiger partial charge in [0.25, 0.3) is 0 Å². The molecule has 1 saturated heterocycles. The molecule has 0 bridgehead atoms. The van der Waals surface area contributed by atoms with Crippen LogP contribution in [0.4, 0.5) is 0 Å². The van der Waals surface area contributed by atoms with Crippen LogP contribution < -0.4 is 0 Å². The van der Waals surface area contributed by atoms with E-state index in [1.807, 2.05) is 42.5 Å². The van der Waals surface area contributed by atoms with E-state index in [1.165, 1.54) is 0 Å². The Labute approximate surface area is 105 Å². The van der Waals surface area contributed by atoms with Gasteiger partial charge in [-0.05, 0) is 11.6 Å². The van der Waals surface area contributed by atoms with Crippen molar-refractivity contribution in [3.8, 4) is 0 Å². The molecule has 0 aromatic heterocycles. The number of sulfone groups is 1. The van der Waals surface area contributed by atoms with Gasteiger partial charge in [-0.2, -0.15) is 0 Å². The van der Waals surface area contributed by atoms with Crippen molar-refractivity contribution < 1.29 is 13.2 Å². The maximum atomic E-state index is 12.3. The number of rotatable bonds is 1. The molecule has 2 aromatic carbocycles. The first-order chi connectivity index (χ1) is 8.67. The molecule has 0 radical (unpaired) electrons. The van der Waals surface area contributed by atoms with Crippen LogP contribution in [0, 0.1) is 0 Å². The maximum absolute atomic E-state index is 12.3. The number of fused-ring (bicyclic) bond motifs is 3. The molecule has 2 unspecified atom stereocenters. The fourth-order valence-corrected chi connectivity index (χ4v) is 4.79. The van der Waals surface area contributed by atoms with E-state index in [4.69, 9.17) is 4.74 Å². The van der Waals surface area contributed by atoms with Gasteiger partial charge in [-0.25, -0.2) is 8.42 Å². The van der Waals surface area contributed by atoms with Crippen LogP contribution in [-0.2, 0) is 20.2 Å². The zero-order valence-electron chi connectivity index (χ0n) is 9.41.